The molecule has 1 N–H and O–H groups in total. The molecule has 0 aromatic carbocycles. The predicted molar refractivity (Wildman–Crippen MR) is 44.5 cm³/mol. The standard InChI is InChI=1S/C6H10O3.C2H4/c1-5(9-2)3-4-6(7)8;1-2/h3-5H,1-2H3,(H,7,8);1-2H2. The van der Waals surface area contributed by atoms with Gasteiger partial charge in [0.25, 0.3) is 0 Å². The summed E-state index contributed by atoms with van der Waals surface area (Å²) < 4.78 is 4.75. The fourth-order valence-corrected chi connectivity index (χ4v) is 0.296. The lowest BCUT2D eigenvalue weighted by atomic mass is 10.3. The summed E-state index contributed by atoms with van der Waals surface area (Å²) in [6, 6.07) is 0. The van der Waals surface area contributed by atoms with Crippen molar-refractivity contribution in [3.8, 4) is 0 Å². The molecule has 0 spiro atoms. The number of aliphatic carboxylic acids is 1. The summed E-state index contributed by atoms with van der Waals surface area (Å²) in [6.45, 7) is 7.76. The highest BCUT2D eigenvalue weighted by atomic mass is 16.5. The van der Waals surface area contributed by atoms with Crippen LogP contribution in [-0.2, 0) is 9.53 Å². The molecule has 0 aliphatic rings. The van der Waals surface area contributed by atoms with E-state index in [0.717, 1.165) is 6.08 Å². The summed E-state index contributed by atoms with van der Waals surface area (Å²) in [6.07, 6.45) is 2.41. The Labute approximate surface area is 67.0 Å². The Kier molecular flexibility index (Phi) is 10.2. The van der Waals surface area contributed by atoms with Crippen LogP contribution in [-0.4, -0.2) is 24.3 Å². The number of carboxylic acids is 1. The average Bonchev–Trinajstić information content (AvgIpc) is 2.04. The van der Waals surface area contributed by atoms with Gasteiger partial charge in [0, 0.05) is 13.2 Å². The van der Waals surface area contributed by atoms with Gasteiger partial charge in [-0.25, -0.2) is 4.79 Å². The summed E-state index contributed by atoms with van der Waals surface area (Å²) >= 11 is 0. The van der Waals surface area contributed by atoms with E-state index >= 15 is 0 Å². The van der Waals surface area contributed by atoms with Crippen LogP contribution in [0.2, 0.25) is 0 Å². The van der Waals surface area contributed by atoms with Gasteiger partial charge < -0.3 is 9.84 Å². The van der Waals surface area contributed by atoms with Crippen LogP contribution in [0.5, 0.6) is 0 Å². The minimum Gasteiger partial charge on any atom is -0.478 e. The molecule has 0 bridgehead atoms. The number of methoxy groups -OCH3 is 1. The second-order valence-corrected chi connectivity index (χ2v) is 1.64. The minimum atomic E-state index is -0.945. The molecule has 1 unspecified atom stereocenters. The van der Waals surface area contributed by atoms with Gasteiger partial charge in [-0.3, -0.25) is 0 Å². The van der Waals surface area contributed by atoms with Gasteiger partial charge in [-0.1, -0.05) is 0 Å². The molecule has 0 fully saturated rings. The Bertz CT molecular complexity index is 129. The molecule has 0 aromatic rings. The quantitative estimate of drug-likeness (QED) is 0.499. The Hall–Kier alpha value is -1.09. The fourth-order valence-electron chi connectivity index (χ4n) is 0.296. The molecular weight excluding hydrogens is 144 g/mol. The maximum Gasteiger partial charge on any atom is 0.328 e. The molecule has 0 saturated carbocycles. The Morgan fingerprint density at radius 1 is 1.64 bits per heavy atom. The SMILES string of the molecule is C=C.COC(C)C=CC(=O)O. The van der Waals surface area contributed by atoms with E-state index in [9.17, 15) is 4.79 Å². The van der Waals surface area contributed by atoms with Crippen LogP contribution < -0.4 is 0 Å². The van der Waals surface area contributed by atoms with Gasteiger partial charge in [0.2, 0.25) is 0 Å². The molecule has 0 rings (SSSR count). The molecule has 3 nitrogen and oxygen atoms in total. The van der Waals surface area contributed by atoms with Crippen molar-refractivity contribution in [2.45, 2.75) is 13.0 Å². The average molecular weight is 158 g/mol. The van der Waals surface area contributed by atoms with Gasteiger partial charge in [0.1, 0.15) is 0 Å². The van der Waals surface area contributed by atoms with E-state index in [1.54, 1.807) is 6.92 Å². The Morgan fingerprint density at radius 2 is 2.09 bits per heavy atom. The first-order chi connectivity index (χ1) is 5.16. The van der Waals surface area contributed by atoms with Crippen LogP contribution in [0.1, 0.15) is 6.92 Å². The lowest BCUT2D eigenvalue weighted by Crippen LogP contribution is -2.00. The van der Waals surface area contributed by atoms with Gasteiger partial charge in [0.05, 0.1) is 6.10 Å². The lowest BCUT2D eigenvalue weighted by molar-refractivity contribution is -0.131. The molecule has 11 heavy (non-hydrogen) atoms. The summed E-state index contributed by atoms with van der Waals surface area (Å²) in [4.78, 5) is 9.88. The monoisotopic (exact) mass is 158 g/mol. The third-order valence-electron chi connectivity index (χ3n) is 0.882. The largest absolute Gasteiger partial charge is 0.478 e. The first-order valence-corrected chi connectivity index (χ1v) is 3.10. The number of hydrogen-bond donors (Lipinski definition) is 1. The smallest absolute Gasteiger partial charge is 0.328 e. The van der Waals surface area contributed by atoms with Crippen molar-refractivity contribution >= 4 is 5.97 Å². The van der Waals surface area contributed by atoms with Crippen molar-refractivity contribution < 1.29 is 14.6 Å². The van der Waals surface area contributed by atoms with Gasteiger partial charge >= 0.3 is 5.97 Å². The highest BCUT2D eigenvalue weighted by Gasteiger charge is 1.91. The molecule has 3 heteroatoms. The molecule has 0 amide bonds. The van der Waals surface area contributed by atoms with Crippen molar-refractivity contribution in [1.82, 2.24) is 0 Å². The van der Waals surface area contributed by atoms with E-state index < -0.39 is 5.97 Å². The van der Waals surface area contributed by atoms with Gasteiger partial charge in [-0.2, -0.15) is 0 Å². The molecule has 0 radical (unpaired) electrons. The van der Waals surface area contributed by atoms with Crippen molar-refractivity contribution in [2.24, 2.45) is 0 Å². The van der Waals surface area contributed by atoms with Crippen LogP contribution in [0.25, 0.3) is 0 Å². The van der Waals surface area contributed by atoms with Gasteiger partial charge in [0.15, 0.2) is 0 Å². The molecule has 1 atom stereocenters. The first-order valence-electron chi connectivity index (χ1n) is 3.10. The zero-order valence-corrected chi connectivity index (χ0v) is 6.91. The zero-order valence-electron chi connectivity index (χ0n) is 6.91. The topological polar surface area (TPSA) is 46.5 Å². The summed E-state index contributed by atoms with van der Waals surface area (Å²) in [5, 5.41) is 8.12. The number of carbonyl (C=O) groups is 1. The van der Waals surface area contributed by atoms with Crippen LogP contribution >= 0.6 is 0 Å². The van der Waals surface area contributed by atoms with E-state index in [1.807, 2.05) is 0 Å². The maximum atomic E-state index is 9.88. The second kappa shape index (κ2) is 8.91. The third-order valence-corrected chi connectivity index (χ3v) is 0.882. The van der Waals surface area contributed by atoms with E-state index in [-0.39, 0.29) is 6.10 Å². The van der Waals surface area contributed by atoms with E-state index in [1.165, 1.54) is 13.2 Å². The molecule has 0 heterocycles. The highest BCUT2D eigenvalue weighted by Crippen LogP contribution is 1.88. The van der Waals surface area contributed by atoms with E-state index in [4.69, 9.17) is 9.84 Å². The predicted octanol–water partition coefficient (Wildman–Crippen LogP) is 1.46. The Morgan fingerprint density at radius 3 is 2.36 bits per heavy atom. The molecule has 0 saturated heterocycles. The summed E-state index contributed by atoms with van der Waals surface area (Å²) in [5.74, 6) is -0.945. The number of hydrogen-bond acceptors (Lipinski definition) is 2. The Balaban J connectivity index is 0. The third kappa shape index (κ3) is 12.2. The molecule has 64 valence electrons. The fraction of sp³-hybridized carbons (Fsp3) is 0.375. The van der Waals surface area contributed by atoms with Crippen LogP contribution in [0.3, 0.4) is 0 Å². The normalized spacial score (nSPS) is 11.8. The van der Waals surface area contributed by atoms with Crippen LogP contribution in [0.15, 0.2) is 25.3 Å². The molecular formula is C8H14O3. The summed E-state index contributed by atoms with van der Waals surface area (Å²) in [5.41, 5.74) is 0. The van der Waals surface area contributed by atoms with Crippen molar-refractivity contribution in [2.75, 3.05) is 7.11 Å². The second-order valence-electron chi connectivity index (χ2n) is 1.64. The first kappa shape index (κ1) is 12.6. The number of ether oxygens (including phenoxy) is 1. The summed E-state index contributed by atoms with van der Waals surface area (Å²) in [7, 11) is 1.52. The maximum absolute atomic E-state index is 9.88. The lowest BCUT2D eigenvalue weighted by Gasteiger charge is -1.98. The van der Waals surface area contributed by atoms with Crippen molar-refractivity contribution in [3.05, 3.63) is 25.3 Å². The zero-order chi connectivity index (χ0) is 9.28. The van der Waals surface area contributed by atoms with Crippen LogP contribution in [0, 0.1) is 0 Å². The molecule has 0 aliphatic carbocycles. The van der Waals surface area contributed by atoms with Gasteiger partial charge in [-0.05, 0) is 13.0 Å². The van der Waals surface area contributed by atoms with Crippen molar-refractivity contribution in [1.29, 1.82) is 0 Å². The van der Waals surface area contributed by atoms with E-state index in [2.05, 4.69) is 13.2 Å². The van der Waals surface area contributed by atoms with E-state index in [0.29, 0.717) is 0 Å². The van der Waals surface area contributed by atoms with Gasteiger partial charge in [-0.15, -0.1) is 13.2 Å². The molecule has 0 aliphatic heterocycles. The van der Waals surface area contributed by atoms with Crippen molar-refractivity contribution in [3.63, 3.8) is 0 Å². The minimum absolute atomic E-state index is 0.124. The number of carboxylic acid groups (broad SMARTS) is 1. The molecule has 0 aromatic heterocycles. The van der Waals surface area contributed by atoms with Crippen LogP contribution in [0.4, 0.5) is 0 Å². The highest BCUT2D eigenvalue weighted by molar-refractivity contribution is 5.79. The number of rotatable bonds is 3.